The number of rotatable bonds is 14. The van der Waals surface area contributed by atoms with Crippen molar-refractivity contribution < 1.29 is 19.1 Å². The third-order valence-electron chi connectivity index (χ3n) is 9.52. The lowest BCUT2D eigenvalue weighted by molar-refractivity contribution is 0.243. The molecule has 0 saturated heterocycles. The molecule has 0 radical (unpaired) electrons. The number of urea groups is 2. The highest BCUT2D eigenvalue weighted by Gasteiger charge is 2.30. The number of hydrogen-bond donors (Lipinski definition) is 2. The highest BCUT2D eigenvalue weighted by molar-refractivity contribution is 6.03. The Morgan fingerprint density at radius 1 is 0.558 bits per heavy atom. The van der Waals surface area contributed by atoms with Crippen LogP contribution >= 0.6 is 0 Å². The van der Waals surface area contributed by atoms with Gasteiger partial charge in [-0.15, -0.1) is 0 Å². The summed E-state index contributed by atoms with van der Waals surface area (Å²) >= 11 is 0. The third-order valence-corrected chi connectivity index (χ3v) is 9.52. The van der Waals surface area contributed by atoms with Crippen LogP contribution in [0.25, 0.3) is 0 Å². The largest absolute Gasteiger partial charge is 0.492 e. The molecule has 0 bridgehead atoms. The summed E-state index contributed by atoms with van der Waals surface area (Å²) in [6, 6.07) is 30.8. The summed E-state index contributed by atoms with van der Waals surface area (Å²) in [6.45, 7) is 6.01. The lowest BCUT2D eigenvalue weighted by Crippen LogP contribution is -2.42. The minimum absolute atomic E-state index is 0.194. The smallest absolute Gasteiger partial charge is 0.326 e. The van der Waals surface area contributed by atoms with Crippen molar-refractivity contribution in [2.45, 2.75) is 39.5 Å². The van der Waals surface area contributed by atoms with Gasteiger partial charge in [-0.3, -0.25) is 9.80 Å². The number of nitrogens with zero attached hydrogens (tertiary/aromatic N) is 4. The van der Waals surface area contributed by atoms with E-state index in [4.69, 9.17) is 9.47 Å². The number of nitrogens with one attached hydrogen (secondary N) is 2. The molecule has 0 spiro atoms. The SMILES string of the molecule is CCOc1ccccc1N(CC1CCC(CN(C(=O)Nc2ccc(N(C)C)cc2)c2ccccc2OCC)CC1)C(=O)Nc1ccc(N(C)C)cc1. The van der Waals surface area contributed by atoms with E-state index in [0.717, 1.165) is 59.8 Å². The molecule has 0 heterocycles. The van der Waals surface area contributed by atoms with Crippen molar-refractivity contribution in [3.05, 3.63) is 97.1 Å². The number of ether oxygens (including phenoxy) is 2. The van der Waals surface area contributed by atoms with Crippen LogP contribution in [0.2, 0.25) is 0 Å². The third kappa shape index (κ3) is 9.90. The number of amides is 4. The van der Waals surface area contributed by atoms with Crippen LogP contribution < -0.4 is 39.7 Å². The van der Waals surface area contributed by atoms with E-state index in [9.17, 15) is 9.59 Å². The number of carbonyl (C=O) groups excluding carboxylic acids is 2. The van der Waals surface area contributed by atoms with Gasteiger partial charge in [0.1, 0.15) is 11.5 Å². The van der Waals surface area contributed by atoms with Gasteiger partial charge in [0.15, 0.2) is 0 Å². The lowest BCUT2D eigenvalue weighted by Gasteiger charge is -2.35. The lowest BCUT2D eigenvalue weighted by atomic mass is 9.81. The van der Waals surface area contributed by atoms with E-state index in [-0.39, 0.29) is 23.9 Å². The molecule has 1 saturated carbocycles. The van der Waals surface area contributed by atoms with Crippen molar-refractivity contribution in [1.82, 2.24) is 0 Å². The summed E-state index contributed by atoms with van der Waals surface area (Å²) in [5.74, 6) is 1.92. The molecule has 0 aliphatic heterocycles. The minimum atomic E-state index is -0.194. The molecular formula is C42H54N6O4. The molecule has 4 aromatic rings. The quantitative estimate of drug-likeness (QED) is 0.136. The number of hydrogen-bond acceptors (Lipinski definition) is 6. The average Bonchev–Trinajstić information content (AvgIpc) is 3.15. The summed E-state index contributed by atoms with van der Waals surface area (Å²) in [5, 5.41) is 6.25. The fraction of sp³-hybridized carbons (Fsp3) is 0.381. The molecule has 1 aliphatic carbocycles. The number of carbonyl (C=O) groups is 2. The van der Waals surface area contributed by atoms with E-state index >= 15 is 0 Å². The summed E-state index contributed by atoms with van der Waals surface area (Å²) < 4.78 is 12.0. The summed E-state index contributed by atoms with van der Waals surface area (Å²) in [5.41, 5.74) is 5.09. The topological polar surface area (TPSA) is 89.6 Å². The zero-order chi connectivity index (χ0) is 37.0. The van der Waals surface area contributed by atoms with Crippen molar-refractivity contribution in [3.63, 3.8) is 0 Å². The van der Waals surface area contributed by atoms with Crippen molar-refractivity contribution in [1.29, 1.82) is 0 Å². The van der Waals surface area contributed by atoms with Crippen molar-refractivity contribution in [2.75, 3.05) is 84.7 Å². The van der Waals surface area contributed by atoms with Gasteiger partial charge in [0.2, 0.25) is 0 Å². The molecule has 5 rings (SSSR count). The van der Waals surface area contributed by atoms with Crippen molar-refractivity contribution >= 4 is 46.2 Å². The van der Waals surface area contributed by atoms with Gasteiger partial charge in [-0.1, -0.05) is 24.3 Å². The molecule has 0 unspecified atom stereocenters. The van der Waals surface area contributed by atoms with E-state index < -0.39 is 0 Å². The normalized spacial score (nSPS) is 15.3. The van der Waals surface area contributed by atoms with Crippen molar-refractivity contribution in [2.24, 2.45) is 11.8 Å². The Kier molecular flexibility index (Phi) is 13.3. The molecule has 276 valence electrons. The number of para-hydroxylation sites is 4. The van der Waals surface area contributed by atoms with Crippen molar-refractivity contribution in [3.8, 4) is 11.5 Å². The number of anilines is 6. The van der Waals surface area contributed by atoms with Crippen LogP contribution in [0.1, 0.15) is 39.5 Å². The molecule has 4 amide bonds. The highest BCUT2D eigenvalue weighted by atomic mass is 16.5. The van der Waals surface area contributed by atoms with Gasteiger partial charge in [-0.05, 0) is 124 Å². The maximum atomic E-state index is 14.0. The highest BCUT2D eigenvalue weighted by Crippen LogP contribution is 2.37. The Morgan fingerprint density at radius 3 is 1.23 bits per heavy atom. The maximum absolute atomic E-state index is 14.0. The van der Waals surface area contributed by atoms with Gasteiger partial charge < -0.3 is 29.9 Å². The maximum Gasteiger partial charge on any atom is 0.326 e. The summed E-state index contributed by atoms with van der Waals surface area (Å²) in [7, 11) is 7.97. The van der Waals surface area contributed by atoms with E-state index in [2.05, 4.69) is 10.6 Å². The zero-order valence-corrected chi connectivity index (χ0v) is 31.5. The van der Waals surface area contributed by atoms with Gasteiger partial charge in [-0.25, -0.2) is 9.59 Å². The first-order valence-corrected chi connectivity index (χ1v) is 18.3. The Hall–Kier alpha value is -5.38. The molecule has 10 heteroatoms. The first-order chi connectivity index (χ1) is 25.2. The van der Waals surface area contributed by atoms with Crippen LogP contribution in [0.5, 0.6) is 11.5 Å². The van der Waals surface area contributed by atoms with Crippen LogP contribution in [0.4, 0.5) is 43.7 Å². The van der Waals surface area contributed by atoms with E-state index in [1.807, 2.05) is 159 Å². The first kappa shape index (κ1) is 37.9. The van der Waals surface area contributed by atoms with Crippen LogP contribution in [0, 0.1) is 11.8 Å². The molecule has 4 aromatic carbocycles. The Morgan fingerprint density at radius 2 is 0.904 bits per heavy atom. The fourth-order valence-electron chi connectivity index (χ4n) is 6.68. The second-order valence-electron chi connectivity index (χ2n) is 13.7. The fourth-order valence-corrected chi connectivity index (χ4v) is 6.68. The predicted molar refractivity (Wildman–Crippen MR) is 215 cm³/mol. The summed E-state index contributed by atoms with van der Waals surface area (Å²) in [6.07, 6.45) is 3.71. The molecular weight excluding hydrogens is 653 g/mol. The summed E-state index contributed by atoms with van der Waals surface area (Å²) in [4.78, 5) is 35.7. The molecule has 1 aliphatic rings. The molecule has 2 N–H and O–H groups in total. The molecule has 1 fully saturated rings. The molecule has 0 aromatic heterocycles. The van der Waals surface area contributed by atoms with Crippen LogP contribution in [-0.2, 0) is 0 Å². The van der Waals surface area contributed by atoms with Crippen LogP contribution in [0.15, 0.2) is 97.1 Å². The van der Waals surface area contributed by atoms with Gasteiger partial charge in [0, 0.05) is 64.0 Å². The monoisotopic (exact) mass is 706 g/mol. The minimum Gasteiger partial charge on any atom is -0.492 e. The van der Waals surface area contributed by atoms with Gasteiger partial charge in [0.25, 0.3) is 0 Å². The Labute approximate surface area is 309 Å². The van der Waals surface area contributed by atoms with Gasteiger partial charge in [0.05, 0.1) is 24.6 Å². The van der Waals surface area contributed by atoms with Crippen LogP contribution in [-0.4, -0.2) is 66.6 Å². The Balaban J connectivity index is 1.30. The second-order valence-corrected chi connectivity index (χ2v) is 13.7. The van der Waals surface area contributed by atoms with Gasteiger partial charge >= 0.3 is 12.1 Å². The zero-order valence-electron chi connectivity index (χ0n) is 31.5. The van der Waals surface area contributed by atoms with Gasteiger partial charge in [-0.2, -0.15) is 0 Å². The molecule has 0 atom stereocenters. The van der Waals surface area contributed by atoms with Crippen LogP contribution in [0.3, 0.4) is 0 Å². The average molecular weight is 707 g/mol. The molecule has 10 nitrogen and oxygen atoms in total. The molecule has 52 heavy (non-hydrogen) atoms. The van der Waals surface area contributed by atoms with E-state index in [1.165, 1.54) is 0 Å². The number of benzene rings is 4. The standard InChI is InChI=1S/C42H54N6O4/c1-7-51-39-15-11-9-13-37(39)47(41(49)43-33-21-25-35(26-22-33)45(3)4)29-31-17-19-32(20-18-31)30-48(38-14-10-12-16-40(38)52-8-2)42(50)44-34-23-27-36(28-24-34)46(5)6/h9-16,21-28,31-32H,7-8,17-20,29-30H2,1-6H3,(H,43,49)(H,44,50). The first-order valence-electron chi connectivity index (χ1n) is 18.3. The van der Waals surface area contributed by atoms with E-state index in [1.54, 1.807) is 0 Å². The predicted octanol–water partition coefficient (Wildman–Crippen LogP) is 9.20. The Bertz CT molecular complexity index is 1610. The second kappa shape index (κ2) is 18.2. The van der Waals surface area contributed by atoms with E-state index in [0.29, 0.717) is 37.8 Å².